The molecule has 0 bridgehead atoms. The summed E-state index contributed by atoms with van der Waals surface area (Å²) in [5.41, 5.74) is 0. The van der Waals surface area contributed by atoms with Crippen LogP contribution in [0.4, 0.5) is 0 Å². The third-order valence-electron chi connectivity index (χ3n) is 3.18. The van der Waals surface area contributed by atoms with E-state index in [0.29, 0.717) is 25.2 Å². The molecule has 0 unspecified atom stereocenters. The summed E-state index contributed by atoms with van der Waals surface area (Å²) >= 11 is 0. The van der Waals surface area contributed by atoms with Crippen molar-refractivity contribution < 1.29 is 9.53 Å². The van der Waals surface area contributed by atoms with Crippen LogP contribution in [0.5, 0.6) is 0 Å². The lowest BCUT2D eigenvalue weighted by molar-refractivity contribution is -0.120. The maximum atomic E-state index is 11.5. The zero-order chi connectivity index (χ0) is 12.2. The van der Waals surface area contributed by atoms with Crippen molar-refractivity contribution in [3.05, 3.63) is 12.2 Å². The van der Waals surface area contributed by atoms with E-state index in [-0.39, 0.29) is 0 Å². The average molecular weight is 238 g/mol. The van der Waals surface area contributed by atoms with Crippen molar-refractivity contribution in [2.24, 2.45) is 0 Å². The summed E-state index contributed by atoms with van der Waals surface area (Å²) < 4.78 is 5.47. The van der Waals surface area contributed by atoms with E-state index in [2.05, 4.69) is 12.2 Å². The van der Waals surface area contributed by atoms with Crippen LogP contribution in [0.25, 0.3) is 0 Å². The highest BCUT2D eigenvalue weighted by Crippen LogP contribution is 2.08. The van der Waals surface area contributed by atoms with Crippen molar-refractivity contribution in [1.29, 1.82) is 0 Å². The Bertz CT molecular complexity index is 221. The number of hydrogen-bond acceptors (Lipinski definition) is 2. The number of hydrogen-bond donors (Lipinski definition) is 0. The fourth-order valence-corrected chi connectivity index (χ4v) is 2.06. The van der Waals surface area contributed by atoms with E-state index in [1.165, 1.54) is 32.1 Å². The van der Waals surface area contributed by atoms with Gasteiger partial charge in [0.25, 0.3) is 0 Å². The van der Waals surface area contributed by atoms with Gasteiger partial charge in [-0.3, -0.25) is 4.79 Å². The van der Waals surface area contributed by atoms with Crippen molar-refractivity contribution in [2.75, 3.05) is 13.2 Å². The van der Waals surface area contributed by atoms with Gasteiger partial charge in [-0.1, -0.05) is 31.4 Å². The molecule has 1 aliphatic rings. The first kappa shape index (κ1) is 14.4. The Balaban J connectivity index is 2.19. The summed E-state index contributed by atoms with van der Waals surface area (Å²) in [5.74, 6) is 0.352. The molecule has 98 valence electrons. The van der Waals surface area contributed by atoms with Crippen molar-refractivity contribution in [3.63, 3.8) is 0 Å². The van der Waals surface area contributed by atoms with Crippen LogP contribution in [-0.2, 0) is 9.53 Å². The molecule has 0 atom stereocenters. The smallest absolute Gasteiger partial charge is 0.135 e. The van der Waals surface area contributed by atoms with Crippen LogP contribution in [0.15, 0.2) is 12.2 Å². The third kappa shape index (κ3) is 9.11. The van der Waals surface area contributed by atoms with E-state index < -0.39 is 0 Å². The van der Waals surface area contributed by atoms with Gasteiger partial charge in [0.15, 0.2) is 0 Å². The standard InChI is InChI=1S/C15H26O2/c16-15-11-9-7-5-3-1-2-4-6-8-10-13-17-14-12-15/h3,5H,1-2,4,6-14H2. The molecule has 0 radical (unpaired) electrons. The van der Waals surface area contributed by atoms with Gasteiger partial charge in [0, 0.05) is 19.4 Å². The number of ether oxygens (including phenoxy) is 1. The molecule has 0 N–H and O–H groups in total. The maximum absolute atomic E-state index is 11.5. The Hall–Kier alpha value is -0.630. The Morgan fingerprint density at radius 3 is 2.35 bits per heavy atom. The maximum Gasteiger partial charge on any atom is 0.135 e. The van der Waals surface area contributed by atoms with E-state index in [1.54, 1.807) is 0 Å². The normalized spacial score (nSPS) is 22.5. The summed E-state index contributed by atoms with van der Waals surface area (Å²) in [7, 11) is 0. The monoisotopic (exact) mass is 238 g/mol. The van der Waals surface area contributed by atoms with Crippen LogP contribution in [-0.4, -0.2) is 19.0 Å². The summed E-state index contributed by atoms with van der Waals surface area (Å²) in [6, 6.07) is 0. The summed E-state index contributed by atoms with van der Waals surface area (Å²) in [6.45, 7) is 1.45. The van der Waals surface area contributed by atoms with Crippen molar-refractivity contribution in [1.82, 2.24) is 0 Å². The highest BCUT2D eigenvalue weighted by atomic mass is 16.5. The van der Waals surface area contributed by atoms with E-state index in [9.17, 15) is 4.79 Å². The van der Waals surface area contributed by atoms with Crippen LogP contribution in [0.3, 0.4) is 0 Å². The lowest BCUT2D eigenvalue weighted by Gasteiger charge is -2.04. The molecular formula is C15H26O2. The van der Waals surface area contributed by atoms with Crippen molar-refractivity contribution in [2.45, 2.75) is 64.2 Å². The molecule has 0 aromatic rings. The van der Waals surface area contributed by atoms with Crippen LogP contribution in [0.2, 0.25) is 0 Å². The van der Waals surface area contributed by atoms with Gasteiger partial charge in [0.1, 0.15) is 5.78 Å². The molecule has 0 saturated heterocycles. The zero-order valence-electron chi connectivity index (χ0n) is 11.0. The van der Waals surface area contributed by atoms with Gasteiger partial charge in [-0.2, -0.15) is 0 Å². The molecule has 1 rings (SSSR count). The molecule has 0 fully saturated rings. The van der Waals surface area contributed by atoms with Crippen LogP contribution in [0.1, 0.15) is 64.2 Å². The van der Waals surface area contributed by atoms with Gasteiger partial charge in [-0.15, -0.1) is 0 Å². The zero-order valence-corrected chi connectivity index (χ0v) is 11.0. The molecule has 0 spiro atoms. The molecule has 0 aromatic heterocycles. The minimum Gasteiger partial charge on any atom is -0.381 e. The molecule has 2 nitrogen and oxygen atoms in total. The van der Waals surface area contributed by atoms with E-state index >= 15 is 0 Å². The Morgan fingerprint density at radius 1 is 0.765 bits per heavy atom. The number of ketones is 1. The van der Waals surface area contributed by atoms with Gasteiger partial charge < -0.3 is 4.74 Å². The minimum atomic E-state index is 0.352. The fourth-order valence-electron chi connectivity index (χ4n) is 2.06. The van der Waals surface area contributed by atoms with E-state index in [0.717, 1.165) is 25.9 Å². The van der Waals surface area contributed by atoms with Gasteiger partial charge >= 0.3 is 0 Å². The summed E-state index contributed by atoms with van der Waals surface area (Å²) in [5, 5.41) is 0. The Kier molecular flexibility index (Phi) is 8.93. The first-order valence-corrected chi connectivity index (χ1v) is 7.14. The Labute approximate surface area is 105 Å². The van der Waals surface area contributed by atoms with Crippen LogP contribution in [0, 0.1) is 0 Å². The lowest BCUT2D eigenvalue weighted by atomic mass is 10.1. The van der Waals surface area contributed by atoms with E-state index in [1.807, 2.05) is 0 Å². The predicted molar refractivity (Wildman–Crippen MR) is 71.1 cm³/mol. The molecule has 1 aliphatic heterocycles. The molecule has 0 amide bonds. The van der Waals surface area contributed by atoms with Gasteiger partial charge in [-0.25, -0.2) is 0 Å². The number of carbonyl (C=O) groups is 1. The molecule has 17 heavy (non-hydrogen) atoms. The van der Waals surface area contributed by atoms with E-state index in [4.69, 9.17) is 4.74 Å². The lowest BCUT2D eigenvalue weighted by Crippen LogP contribution is -2.05. The Morgan fingerprint density at radius 2 is 1.47 bits per heavy atom. The summed E-state index contributed by atoms with van der Waals surface area (Å²) in [4.78, 5) is 11.5. The molecule has 0 saturated carbocycles. The van der Waals surface area contributed by atoms with Crippen LogP contribution < -0.4 is 0 Å². The quantitative estimate of drug-likeness (QED) is 0.595. The highest BCUT2D eigenvalue weighted by Gasteiger charge is 2.01. The number of rotatable bonds is 0. The van der Waals surface area contributed by atoms with Gasteiger partial charge in [0.2, 0.25) is 0 Å². The number of allylic oxidation sites excluding steroid dienone is 2. The minimum absolute atomic E-state index is 0.352. The highest BCUT2D eigenvalue weighted by molar-refractivity contribution is 5.78. The molecule has 1 heterocycles. The molecule has 2 heteroatoms. The number of carbonyl (C=O) groups excluding carboxylic acids is 1. The SMILES string of the molecule is O=C1CCCC=CCCCCCCCOCC1. The first-order chi connectivity index (χ1) is 8.39. The largest absolute Gasteiger partial charge is 0.381 e. The first-order valence-electron chi connectivity index (χ1n) is 7.14. The van der Waals surface area contributed by atoms with Gasteiger partial charge in [-0.05, 0) is 32.1 Å². The van der Waals surface area contributed by atoms with Crippen molar-refractivity contribution in [3.8, 4) is 0 Å². The molecular weight excluding hydrogens is 212 g/mol. The summed E-state index contributed by atoms with van der Waals surface area (Å²) in [6.07, 6.45) is 15.4. The second-order valence-electron chi connectivity index (χ2n) is 4.82. The third-order valence-corrected chi connectivity index (χ3v) is 3.18. The molecule has 0 aliphatic carbocycles. The second kappa shape index (κ2) is 10.5. The molecule has 0 aromatic carbocycles. The predicted octanol–water partition coefficient (Wildman–Crippen LogP) is 4.04. The topological polar surface area (TPSA) is 26.3 Å². The van der Waals surface area contributed by atoms with Crippen molar-refractivity contribution >= 4 is 5.78 Å². The fraction of sp³-hybridized carbons (Fsp3) is 0.800. The van der Waals surface area contributed by atoms with Gasteiger partial charge in [0.05, 0.1) is 6.61 Å². The number of Topliss-reactive ketones (excluding diaryl/α,β-unsaturated/α-hetero) is 1. The van der Waals surface area contributed by atoms with Crippen LogP contribution >= 0.6 is 0 Å². The second-order valence-corrected chi connectivity index (χ2v) is 4.82. The average Bonchev–Trinajstić information content (AvgIpc) is 2.32.